The predicted molar refractivity (Wildman–Crippen MR) is 101 cm³/mol. The van der Waals surface area contributed by atoms with Gasteiger partial charge in [0.2, 0.25) is 5.91 Å². The molecule has 1 aromatic carbocycles. The third-order valence-electron chi connectivity index (χ3n) is 3.54. The molecule has 2 aromatic heterocycles. The van der Waals surface area contributed by atoms with Crippen molar-refractivity contribution in [3.8, 4) is 17.1 Å². The lowest BCUT2D eigenvalue weighted by molar-refractivity contribution is -0.113. The zero-order chi connectivity index (χ0) is 18.5. The van der Waals surface area contributed by atoms with Gasteiger partial charge in [-0.25, -0.2) is 0 Å². The van der Waals surface area contributed by atoms with Gasteiger partial charge in [0.25, 0.3) is 0 Å². The van der Waals surface area contributed by atoms with Gasteiger partial charge in [-0.2, -0.15) is 0 Å². The number of phenols is 1. The normalized spacial score (nSPS) is 10.7. The number of carbonyl (C=O) groups excluding carboxylic acids is 1. The monoisotopic (exact) mass is 389 g/mol. The minimum absolute atomic E-state index is 0.0375. The number of benzene rings is 1. The lowest BCUT2D eigenvalue weighted by Gasteiger charge is -2.09. The number of hydrogen-bond donors (Lipinski definition) is 2. The van der Waals surface area contributed by atoms with Crippen molar-refractivity contribution in [2.24, 2.45) is 0 Å². The standard InChI is InChI=1S/C17H16ClN5O2S/c1-2-23-16(11-5-7-19-8-6-11)21-22-17(23)26-10-15(25)20-13-9-12(18)3-4-14(13)24/h3-9,24H,2,10H2,1H3,(H,20,25). The Labute approximate surface area is 159 Å². The number of pyridine rings is 1. The van der Waals surface area contributed by atoms with Gasteiger partial charge in [0.15, 0.2) is 11.0 Å². The van der Waals surface area contributed by atoms with Crippen molar-refractivity contribution in [1.29, 1.82) is 0 Å². The van der Waals surface area contributed by atoms with E-state index < -0.39 is 0 Å². The summed E-state index contributed by atoms with van der Waals surface area (Å²) in [5, 5.41) is 21.9. The summed E-state index contributed by atoms with van der Waals surface area (Å²) in [6.07, 6.45) is 3.39. The van der Waals surface area contributed by atoms with E-state index in [-0.39, 0.29) is 23.1 Å². The fourth-order valence-electron chi connectivity index (χ4n) is 2.32. The van der Waals surface area contributed by atoms with Gasteiger partial charge in [0.05, 0.1) is 11.4 Å². The number of aromatic hydroxyl groups is 1. The quantitative estimate of drug-likeness (QED) is 0.495. The van der Waals surface area contributed by atoms with Crippen molar-refractivity contribution in [3.05, 3.63) is 47.7 Å². The Bertz CT molecular complexity index is 917. The van der Waals surface area contributed by atoms with E-state index in [0.717, 1.165) is 11.4 Å². The van der Waals surface area contributed by atoms with Crippen LogP contribution in [0.25, 0.3) is 11.4 Å². The molecular weight excluding hydrogens is 374 g/mol. The number of anilines is 1. The Kier molecular flexibility index (Phi) is 5.75. The van der Waals surface area contributed by atoms with E-state index in [1.165, 1.54) is 23.9 Å². The van der Waals surface area contributed by atoms with Crippen molar-refractivity contribution in [2.75, 3.05) is 11.1 Å². The van der Waals surface area contributed by atoms with Crippen LogP contribution in [-0.4, -0.2) is 36.5 Å². The minimum Gasteiger partial charge on any atom is -0.506 e. The van der Waals surface area contributed by atoms with Gasteiger partial charge in [0, 0.05) is 29.5 Å². The topological polar surface area (TPSA) is 92.9 Å². The van der Waals surface area contributed by atoms with Crippen LogP contribution >= 0.6 is 23.4 Å². The molecule has 0 fully saturated rings. The maximum Gasteiger partial charge on any atom is 0.234 e. The molecule has 0 aliphatic carbocycles. The summed E-state index contributed by atoms with van der Waals surface area (Å²) in [6.45, 7) is 2.66. The summed E-state index contributed by atoms with van der Waals surface area (Å²) in [5.41, 5.74) is 1.19. The van der Waals surface area contributed by atoms with Gasteiger partial charge in [0.1, 0.15) is 5.75 Å². The van der Waals surface area contributed by atoms with Crippen LogP contribution in [0.3, 0.4) is 0 Å². The van der Waals surface area contributed by atoms with Crippen LogP contribution in [0, 0.1) is 0 Å². The summed E-state index contributed by atoms with van der Waals surface area (Å²) in [6, 6.07) is 8.19. The highest BCUT2D eigenvalue weighted by Gasteiger charge is 2.15. The average Bonchev–Trinajstić information content (AvgIpc) is 3.06. The molecule has 0 saturated carbocycles. The van der Waals surface area contributed by atoms with Crippen LogP contribution in [0.1, 0.15) is 6.92 Å². The average molecular weight is 390 g/mol. The van der Waals surface area contributed by atoms with Crippen LogP contribution in [0.4, 0.5) is 5.69 Å². The van der Waals surface area contributed by atoms with Crippen molar-refractivity contribution in [1.82, 2.24) is 19.7 Å². The van der Waals surface area contributed by atoms with E-state index in [0.29, 0.717) is 16.7 Å². The summed E-state index contributed by atoms with van der Waals surface area (Å²) in [7, 11) is 0. The number of carbonyl (C=O) groups is 1. The number of amides is 1. The van der Waals surface area contributed by atoms with Crippen LogP contribution in [0.15, 0.2) is 47.9 Å². The Hall–Kier alpha value is -2.58. The van der Waals surface area contributed by atoms with Crippen molar-refractivity contribution in [2.45, 2.75) is 18.6 Å². The molecule has 1 amide bonds. The van der Waals surface area contributed by atoms with Crippen LogP contribution in [0.5, 0.6) is 5.75 Å². The fraction of sp³-hybridized carbons (Fsp3) is 0.176. The molecule has 9 heteroatoms. The molecule has 0 unspecified atom stereocenters. The smallest absolute Gasteiger partial charge is 0.234 e. The fourth-order valence-corrected chi connectivity index (χ4v) is 3.29. The molecule has 7 nitrogen and oxygen atoms in total. The number of nitrogens with zero attached hydrogens (tertiary/aromatic N) is 4. The summed E-state index contributed by atoms with van der Waals surface area (Å²) >= 11 is 7.15. The number of rotatable bonds is 6. The first-order chi connectivity index (χ1) is 12.6. The molecule has 0 bridgehead atoms. The van der Waals surface area contributed by atoms with E-state index in [2.05, 4.69) is 20.5 Å². The Balaban J connectivity index is 1.69. The van der Waals surface area contributed by atoms with Crippen molar-refractivity contribution in [3.63, 3.8) is 0 Å². The Morgan fingerprint density at radius 3 is 2.77 bits per heavy atom. The highest BCUT2D eigenvalue weighted by Crippen LogP contribution is 2.27. The highest BCUT2D eigenvalue weighted by molar-refractivity contribution is 7.99. The third kappa shape index (κ3) is 4.14. The maximum atomic E-state index is 12.2. The molecule has 2 N–H and O–H groups in total. The number of phenolic OH excluding ortho intramolecular Hbond substituents is 1. The molecule has 26 heavy (non-hydrogen) atoms. The van der Waals surface area contributed by atoms with Crippen LogP contribution < -0.4 is 5.32 Å². The van der Waals surface area contributed by atoms with E-state index >= 15 is 0 Å². The first-order valence-electron chi connectivity index (χ1n) is 7.83. The lowest BCUT2D eigenvalue weighted by atomic mass is 10.2. The molecule has 3 rings (SSSR count). The summed E-state index contributed by atoms with van der Waals surface area (Å²) < 4.78 is 1.93. The number of halogens is 1. The van der Waals surface area contributed by atoms with E-state index in [4.69, 9.17) is 11.6 Å². The Morgan fingerprint density at radius 1 is 1.27 bits per heavy atom. The van der Waals surface area contributed by atoms with Gasteiger partial charge in [-0.1, -0.05) is 23.4 Å². The van der Waals surface area contributed by atoms with Gasteiger partial charge in [-0.15, -0.1) is 10.2 Å². The van der Waals surface area contributed by atoms with Gasteiger partial charge < -0.3 is 15.0 Å². The molecule has 0 saturated heterocycles. The second-order valence-corrected chi connectivity index (χ2v) is 6.66. The van der Waals surface area contributed by atoms with Crippen LogP contribution in [-0.2, 0) is 11.3 Å². The van der Waals surface area contributed by atoms with Gasteiger partial charge >= 0.3 is 0 Å². The molecule has 0 radical (unpaired) electrons. The molecular formula is C17H16ClN5O2S. The van der Waals surface area contributed by atoms with Gasteiger partial charge in [-0.3, -0.25) is 9.78 Å². The SMILES string of the molecule is CCn1c(SCC(=O)Nc2cc(Cl)ccc2O)nnc1-c1ccncc1. The molecule has 3 aromatic rings. The van der Waals surface area contributed by atoms with Crippen molar-refractivity contribution >= 4 is 35.0 Å². The zero-order valence-electron chi connectivity index (χ0n) is 13.9. The number of nitrogens with one attached hydrogen (secondary N) is 1. The number of thioether (sulfide) groups is 1. The first kappa shape index (κ1) is 18.2. The predicted octanol–water partition coefficient (Wildman–Crippen LogP) is 3.45. The van der Waals surface area contributed by atoms with E-state index in [1.807, 2.05) is 23.6 Å². The van der Waals surface area contributed by atoms with Gasteiger partial charge in [-0.05, 0) is 37.3 Å². The lowest BCUT2D eigenvalue weighted by Crippen LogP contribution is -2.14. The second kappa shape index (κ2) is 8.20. The molecule has 0 spiro atoms. The number of hydrogen-bond acceptors (Lipinski definition) is 6. The molecule has 0 aliphatic rings. The minimum atomic E-state index is -0.274. The van der Waals surface area contributed by atoms with Crippen LogP contribution in [0.2, 0.25) is 5.02 Å². The molecule has 2 heterocycles. The Morgan fingerprint density at radius 2 is 2.04 bits per heavy atom. The second-order valence-electron chi connectivity index (χ2n) is 5.28. The van der Waals surface area contributed by atoms with E-state index in [9.17, 15) is 9.90 Å². The molecule has 134 valence electrons. The largest absolute Gasteiger partial charge is 0.506 e. The zero-order valence-corrected chi connectivity index (χ0v) is 15.5. The molecule has 0 atom stereocenters. The van der Waals surface area contributed by atoms with Crippen molar-refractivity contribution < 1.29 is 9.90 Å². The maximum absolute atomic E-state index is 12.2. The molecule has 0 aliphatic heterocycles. The number of aromatic nitrogens is 4. The van der Waals surface area contributed by atoms with E-state index in [1.54, 1.807) is 18.5 Å². The summed E-state index contributed by atoms with van der Waals surface area (Å²) in [5.74, 6) is 0.541. The third-order valence-corrected chi connectivity index (χ3v) is 4.74. The highest BCUT2D eigenvalue weighted by atomic mass is 35.5. The first-order valence-corrected chi connectivity index (χ1v) is 9.19. The summed E-state index contributed by atoms with van der Waals surface area (Å²) in [4.78, 5) is 16.2.